The van der Waals surface area contributed by atoms with Gasteiger partial charge in [0.25, 0.3) is 0 Å². The van der Waals surface area contributed by atoms with Crippen molar-refractivity contribution in [3.05, 3.63) is 47.4 Å². The van der Waals surface area contributed by atoms with Crippen molar-refractivity contribution < 1.29 is 5.11 Å². The summed E-state index contributed by atoms with van der Waals surface area (Å²) < 4.78 is 0. The molecule has 0 radical (unpaired) electrons. The molecule has 88 valence electrons. The van der Waals surface area contributed by atoms with Gasteiger partial charge in [0.2, 0.25) is 5.28 Å². The van der Waals surface area contributed by atoms with Crippen molar-refractivity contribution in [3.63, 3.8) is 0 Å². The number of aliphatic hydroxyl groups excluding tert-OH is 1. The summed E-state index contributed by atoms with van der Waals surface area (Å²) in [7, 11) is 0. The SMILES string of the molecule is OCCc1ccccc1Nc1ccnc(Cl)n1. The van der Waals surface area contributed by atoms with E-state index in [1.165, 1.54) is 0 Å². The lowest BCUT2D eigenvalue weighted by molar-refractivity contribution is 0.300. The molecule has 0 fully saturated rings. The minimum absolute atomic E-state index is 0.114. The van der Waals surface area contributed by atoms with E-state index in [9.17, 15) is 0 Å². The number of benzene rings is 1. The molecule has 0 unspecified atom stereocenters. The maximum absolute atomic E-state index is 8.98. The lowest BCUT2D eigenvalue weighted by atomic mass is 10.1. The second kappa shape index (κ2) is 5.61. The van der Waals surface area contributed by atoms with Crippen LogP contribution in [0.4, 0.5) is 11.5 Å². The highest BCUT2D eigenvalue weighted by Crippen LogP contribution is 2.20. The molecule has 0 aliphatic carbocycles. The number of aromatic nitrogens is 2. The fraction of sp³-hybridized carbons (Fsp3) is 0.167. The van der Waals surface area contributed by atoms with Crippen LogP contribution in [-0.4, -0.2) is 21.7 Å². The minimum Gasteiger partial charge on any atom is -0.396 e. The van der Waals surface area contributed by atoms with Crippen molar-refractivity contribution in [3.8, 4) is 0 Å². The van der Waals surface area contributed by atoms with Crippen LogP contribution in [0.1, 0.15) is 5.56 Å². The summed E-state index contributed by atoms with van der Waals surface area (Å²) in [6.07, 6.45) is 2.19. The van der Waals surface area contributed by atoms with Gasteiger partial charge in [-0.3, -0.25) is 0 Å². The maximum Gasteiger partial charge on any atom is 0.224 e. The molecule has 0 amide bonds. The number of nitrogens with one attached hydrogen (secondary N) is 1. The molecular formula is C12H12ClN3O. The lowest BCUT2D eigenvalue weighted by Gasteiger charge is -2.10. The summed E-state index contributed by atoms with van der Waals surface area (Å²) in [5.41, 5.74) is 1.95. The molecule has 0 saturated heterocycles. The monoisotopic (exact) mass is 249 g/mol. The maximum atomic E-state index is 8.98. The fourth-order valence-electron chi connectivity index (χ4n) is 1.52. The van der Waals surface area contributed by atoms with E-state index < -0.39 is 0 Å². The molecule has 1 aromatic carbocycles. The standard InChI is InChI=1S/C12H12ClN3O/c13-12-14-7-5-11(16-12)15-10-4-2-1-3-9(10)6-8-17/h1-5,7,17H,6,8H2,(H,14,15,16). The predicted molar refractivity (Wildman–Crippen MR) is 67.6 cm³/mol. The third-order valence-corrected chi connectivity index (χ3v) is 2.47. The number of aliphatic hydroxyl groups is 1. The molecule has 0 aliphatic rings. The van der Waals surface area contributed by atoms with Crippen LogP contribution >= 0.6 is 11.6 Å². The van der Waals surface area contributed by atoms with Crippen LogP contribution in [0.5, 0.6) is 0 Å². The fourth-order valence-corrected chi connectivity index (χ4v) is 1.67. The van der Waals surface area contributed by atoms with Gasteiger partial charge in [0.05, 0.1) is 0 Å². The quantitative estimate of drug-likeness (QED) is 0.817. The Kier molecular flexibility index (Phi) is 3.90. The highest BCUT2D eigenvalue weighted by molar-refractivity contribution is 6.28. The van der Waals surface area contributed by atoms with E-state index in [4.69, 9.17) is 16.7 Å². The lowest BCUT2D eigenvalue weighted by Crippen LogP contribution is -2.00. The van der Waals surface area contributed by atoms with Crippen molar-refractivity contribution in [2.75, 3.05) is 11.9 Å². The molecule has 0 spiro atoms. The molecule has 17 heavy (non-hydrogen) atoms. The Morgan fingerprint density at radius 1 is 1.24 bits per heavy atom. The Hall–Kier alpha value is -1.65. The van der Waals surface area contributed by atoms with Gasteiger partial charge < -0.3 is 10.4 Å². The number of hydrogen-bond donors (Lipinski definition) is 2. The third-order valence-electron chi connectivity index (χ3n) is 2.29. The highest BCUT2D eigenvalue weighted by Gasteiger charge is 2.02. The van der Waals surface area contributed by atoms with E-state index in [0.29, 0.717) is 12.2 Å². The molecular weight excluding hydrogens is 238 g/mol. The summed E-state index contributed by atoms with van der Waals surface area (Å²) in [4.78, 5) is 7.86. The molecule has 0 aliphatic heterocycles. The number of halogens is 1. The minimum atomic E-state index is 0.114. The van der Waals surface area contributed by atoms with Gasteiger partial charge in [-0.25, -0.2) is 9.97 Å². The third kappa shape index (κ3) is 3.15. The zero-order valence-corrected chi connectivity index (χ0v) is 9.85. The summed E-state index contributed by atoms with van der Waals surface area (Å²) in [6.45, 7) is 0.114. The molecule has 0 saturated carbocycles. The Labute approximate surface area is 104 Å². The zero-order chi connectivity index (χ0) is 12.1. The number of nitrogens with zero attached hydrogens (tertiary/aromatic N) is 2. The molecule has 2 rings (SSSR count). The number of rotatable bonds is 4. The molecule has 2 aromatic rings. The Bertz CT molecular complexity index is 505. The average molecular weight is 250 g/mol. The Morgan fingerprint density at radius 3 is 2.82 bits per heavy atom. The Balaban J connectivity index is 2.23. The van der Waals surface area contributed by atoms with Crippen LogP contribution in [0.3, 0.4) is 0 Å². The second-order valence-corrected chi connectivity index (χ2v) is 3.80. The van der Waals surface area contributed by atoms with Crippen LogP contribution in [0.25, 0.3) is 0 Å². The number of anilines is 2. The topological polar surface area (TPSA) is 58.0 Å². The van der Waals surface area contributed by atoms with Gasteiger partial charge in [-0.1, -0.05) is 18.2 Å². The first kappa shape index (κ1) is 11.8. The van der Waals surface area contributed by atoms with E-state index in [-0.39, 0.29) is 11.9 Å². The molecule has 5 heteroatoms. The van der Waals surface area contributed by atoms with E-state index in [2.05, 4.69) is 15.3 Å². The van der Waals surface area contributed by atoms with Crippen molar-refractivity contribution in [1.29, 1.82) is 0 Å². The second-order valence-electron chi connectivity index (χ2n) is 3.47. The summed E-state index contributed by atoms with van der Waals surface area (Å²) in [5, 5.41) is 12.3. The number of para-hydroxylation sites is 1. The van der Waals surface area contributed by atoms with Crippen LogP contribution in [0.2, 0.25) is 5.28 Å². The molecule has 2 N–H and O–H groups in total. The number of hydrogen-bond acceptors (Lipinski definition) is 4. The average Bonchev–Trinajstić information content (AvgIpc) is 2.32. The smallest absolute Gasteiger partial charge is 0.224 e. The van der Waals surface area contributed by atoms with Crippen LogP contribution in [-0.2, 0) is 6.42 Å². The van der Waals surface area contributed by atoms with Gasteiger partial charge in [0, 0.05) is 18.5 Å². The van der Waals surface area contributed by atoms with Gasteiger partial charge in [-0.2, -0.15) is 0 Å². The van der Waals surface area contributed by atoms with Crippen molar-refractivity contribution >= 4 is 23.1 Å². The first-order valence-corrected chi connectivity index (χ1v) is 5.62. The molecule has 4 nitrogen and oxygen atoms in total. The predicted octanol–water partition coefficient (Wildman–Crippen LogP) is 2.41. The van der Waals surface area contributed by atoms with Crippen LogP contribution in [0, 0.1) is 0 Å². The van der Waals surface area contributed by atoms with Gasteiger partial charge in [-0.15, -0.1) is 0 Å². The van der Waals surface area contributed by atoms with Crippen molar-refractivity contribution in [1.82, 2.24) is 9.97 Å². The highest BCUT2D eigenvalue weighted by atomic mass is 35.5. The zero-order valence-electron chi connectivity index (χ0n) is 9.10. The first-order valence-electron chi connectivity index (χ1n) is 5.24. The van der Waals surface area contributed by atoms with Crippen molar-refractivity contribution in [2.24, 2.45) is 0 Å². The van der Waals surface area contributed by atoms with Gasteiger partial charge >= 0.3 is 0 Å². The molecule has 0 bridgehead atoms. The molecule has 0 atom stereocenters. The molecule has 1 heterocycles. The normalized spacial score (nSPS) is 10.2. The van der Waals surface area contributed by atoms with Gasteiger partial charge in [0.1, 0.15) is 5.82 Å². The summed E-state index contributed by atoms with van der Waals surface area (Å²) in [5.74, 6) is 0.635. The van der Waals surface area contributed by atoms with Crippen LogP contribution < -0.4 is 5.32 Å². The van der Waals surface area contributed by atoms with E-state index in [0.717, 1.165) is 11.3 Å². The summed E-state index contributed by atoms with van der Waals surface area (Å²) >= 11 is 5.71. The van der Waals surface area contributed by atoms with Crippen LogP contribution in [0.15, 0.2) is 36.5 Å². The van der Waals surface area contributed by atoms with Gasteiger partial charge in [0.15, 0.2) is 0 Å². The van der Waals surface area contributed by atoms with Gasteiger partial charge in [-0.05, 0) is 35.7 Å². The largest absolute Gasteiger partial charge is 0.396 e. The molecule has 1 aromatic heterocycles. The first-order chi connectivity index (χ1) is 8.29. The van der Waals surface area contributed by atoms with E-state index in [1.54, 1.807) is 12.3 Å². The summed E-state index contributed by atoms with van der Waals surface area (Å²) in [6, 6.07) is 9.49. The van der Waals surface area contributed by atoms with Crippen molar-refractivity contribution in [2.45, 2.75) is 6.42 Å². The van der Waals surface area contributed by atoms with E-state index >= 15 is 0 Å². The van der Waals surface area contributed by atoms with E-state index in [1.807, 2.05) is 24.3 Å². The Morgan fingerprint density at radius 2 is 2.06 bits per heavy atom.